The van der Waals surface area contributed by atoms with Gasteiger partial charge in [0.25, 0.3) is 0 Å². The number of fused-ring (bicyclic) bond motifs is 1. The molecule has 0 bridgehead atoms. The van der Waals surface area contributed by atoms with Crippen LogP contribution in [0.15, 0.2) is 48.3 Å². The van der Waals surface area contributed by atoms with E-state index in [9.17, 15) is 0 Å². The van der Waals surface area contributed by atoms with E-state index in [0.717, 1.165) is 43.3 Å². The zero-order chi connectivity index (χ0) is 22.0. The van der Waals surface area contributed by atoms with Crippen molar-refractivity contribution in [2.45, 2.75) is 59.4 Å². The number of nitrogens with one attached hydrogen (secondary N) is 1. The molecule has 1 aliphatic rings. The molecule has 1 aromatic carbocycles. The highest BCUT2D eigenvalue weighted by Gasteiger charge is 2.19. The van der Waals surface area contributed by atoms with E-state index in [1.54, 1.807) is 0 Å². The molecule has 0 amide bonds. The number of nitrogens with zero attached hydrogens (tertiary/aromatic N) is 2. The van der Waals surface area contributed by atoms with Gasteiger partial charge in [-0.25, -0.2) is 0 Å². The molecule has 1 saturated carbocycles. The first kappa shape index (κ1) is 22.0. The maximum atomic E-state index is 8.27. The van der Waals surface area contributed by atoms with Crippen molar-refractivity contribution < 1.29 is 0 Å². The molecule has 2 heterocycles. The molecular weight excluding hydrogens is 397 g/mol. The average Bonchev–Trinajstić information content (AvgIpc) is 3.12. The van der Waals surface area contributed by atoms with Gasteiger partial charge in [-0.05, 0) is 63.1 Å². The highest BCUT2D eigenvalue weighted by Crippen LogP contribution is 2.34. The first-order valence-electron chi connectivity index (χ1n) is 11.5. The summed E-state index contributed by atoms with van der Waals surface area (Å²) < 4.78 is 2.44. The van der Waals surface area contributed by atoms with Crippen LogP contribution in [0.1, 0.15) is 58.4 Å². The van der Waals surface area contributed by atoms with Crippen LogP contribution in [-0.2, 0) is 6.54 Å². The first-order chi connectivity index (χ1) is 15.0. The minimum Gasteiger partial charge on any atom is -0.345 e. The van der Waals surface area contributed by atoms with Crippen molar-refractivity contribution in [1.82, 2.24) is 9.55 Å². The Morgan fingerprint density at radius 1 is 1.10 bits per heavy atom. The van der Waals surface area contributed by atoms with Gasteiger partial charge in [-0.15, -0.1) is 0 Å². The van der Waals surface area contributed by atoms with E-state index >= 15 is 0 Å². The van der Waals surface area contributed by atoms with E-state index in [1.807, 2.05) is 13.1 Å². The Morgan fingerprint density at radius 2 is 1.81 bits per heavy atom. The molecule has 1 unspecified atom stereocenters. The number of rotatable bonds is 6. The Bertz CT molecular complexity index is 1110. The second kappa shape index (κ2) is 9.49. The summed E-state index contributed by atoms with van der Waals surface area (Å²) in [7, 11) is 0.817. The average molecular weight is 432 g/mol. The third-order valence-electron chi connectivity index (χ3n) is 6.54. The highest BCUT2D eigenvalue weighted by atomic mass is 31.1. The molecule has 1 aliphatic carbocycles. The predicted octanol–water partition coefficient (Wildman–Crippen LogP) is 7.05. The van der Waals surface area contributed by atoms with Crippen LogP contribution in [0.3, 0.4) is 0 Å². The molecule has 4 rings (SSSR count). The molecule has 0 aliphatic heterocycles. The normalized spacial score (nSPS) is 15.1. The first-order valence-corrected chi connectivity index (χ1v) is 13.0. The van der Waals surface area contributed by atoms with Crippen LogP contribution in [0, 0.1) is 11.3 Å². The van der Waals surface area contributed by atoms with Gasteiger partial charge in [0, 0.05) is 41.4 Å². The van der Waals surface area contributed by atoms with Crippen molar-refractivity contribution in [1.29, 1.82) is 5.41 Å². The lowest BCUT2D eigenvalue weighted by Gasteiger charge is -2.22. The topological polar surface area (TPSA) is 41.7 Å². The zero-order valence-electron chi connectivity index (χ0n) is 19.3. The molecule has 1 N–H and O–H groups in total. The van der Waals surface area contributed by atoms with E-state index in [2.05, 4.69) is 61.6 Å². The molecular formula is C27H34N3P. The monoisotopic (exact) mass is 431 g/mol. The maximum Gasteiger partial charge on any atom is 0.0959 e. The third kappa shape index (κ3) is 4.67. The summed E-state index contributed by atoms with van der Waals surface area (Å²) in [6, 6.07) is 11.2. The third-order valence-corrected chi connectivity index (χ3v) is 7.46. The summed E-state index contributed by atoms with van der Waals surface area (Å²) in [6.45, 7) is 9.32. The number of hydrogen-bond acceptors (Lipinski definition) is 2. The van der Waals surface area contributed by atoms with Crippen molar-refractivity contribution in [2.75, 3.05) is 6.66 Å². The molecule has 31 heavy (non-hydrogen) atoms. The summed E-state index contributed by atoms with van der Waals surface area (Å²) in [5, 5.41) is 9.66. The summed E-state index contributed by atoms with van der Waals surface area (Å²) in [6.07, 6.45) is 11.0. The maximum absolute atomic E-state index is 8.27. The predicted molar refractivity (Wildman–Crippen MR) is 137 cm³/mol. The Kier molecular flexibility index (Phi) is 6.72. The molecule has 162 valence electrons. The Balaban J connectivity index is 1.84. The van der Waals surface area contributed by atoms with Gasteiger partial charge in [0.05, 0.1) is 11.0 Å². The zero-order valence-corrected chi connectivity index (χ0v) is 20.3. The standard InChI is InChI=1S/C27H34N3P/c1-18(2)26(19(3)28)22-14-25-27(29-15-22)24(21-10-12-23(31-4)13-11-21)17-30(25)16-20-8-6-5-7-9-20/h10-15,17,20,28,31H,5-9,16H2,1-4H3. The number of pyridine rings is 1. The molecule has 0 radical (unpaired) electrons. The van der Waals surface area contributed by atoms with Gasteiger partial charge in [-0.1, -0.05) is 57.7 Å². The smallest absolute Gasteiger partial charge is 0.0959 e. The Morgan fingerprint density at radius 3 is 2.42 bits per heavy atom. The second-order valence-corrected chi connectivity index (χ2v) is 10.2. The van der Waals surface area contributed by atoms with E-state index < -0.39 is 0 Å². The SMILES string of the molecule is CPc1ccc(-c2cn(CC3CCCCC3)c3cc(C(C(C)=N)=C(C)C)cnc23)cc1. The number of aromatic nitrogens is 2. The van der Waals surface area contributed by atoms with E-state index in [0.29, 0.717) is 5.71 Å². The summed E-state index contributed by atoms with van der Waals surface area (Å²) in [5.74, 6) is 0.747. The fourth-order valence-electron chi connectivity index (χ4n) is 5.01. The van der Waals surface area contributed by atoms with Crippen molar-refractivity contribution in [3.63, 3.8) is 0 Å². The quantitative estimate of drug-likeness (QED) is 0.330. The van der Waals surface area contributed by atoms with Gasteiger partial charge >= 0.3 is 0 Å². The molecule has 1 atom stereocenters. The van der Waals surface area contributed by atoms with Gasteiger partial charge < -0.3 is 9.98 Å². The Hall–Kier alpha value is -2.25. The number of benzene rings is 1. The minimum atomic E-state index is 0.600. The summed E-state index contributed by atoms with van der Waals surface area (Å²) in [5.41, 5.74) is 8.54. The van der Waals surface area contributed by atoms with Gasteiger partial charge in [0.1, 0.15) is 0 Å². The van der Waals surface area contributed by atoms with Gasteiger partial charge in [0.15, 0.2) is 0 Å². The molecule has 0 saturated heterocycles. The molecule has 2 aromatic heterocycles. The van der Waals surface area contributed by atoms with Crippen LogP contribution >= 0.6 is 8.58 Å². The van der Waals surface area contributed by atoms with Crippen molar-refractivity contribution in [2.24, 2.45) is 5.92 Å². The van der Waals surface area contributed by atoms with E-state index in [4.69, 9.17) is 10.4 Å². The minimum absolute atomic E-state index is 0.600. The van der Waals surface area contributed by atoms with Crippen LogP contribution in [0.25, 0.3) is 27.7 Å². The molecule has 4 heteroatoms. The lowest BCUT2D eigenvalue weighted by atomic mass is 9.89. The summed E-state index contributed by atoms with van der Waals surface area (Å²) in [4.78, 5) is 4.95. The fraction of sp³-hybridized carbons (Fsp3) is 0.407. The Labute approximate surface area is 188 Å². The fourth-order valence-corrected chi connectivity index (χ4v) is 5.51. The van der Waals surface area contributed by atoms with E-state index in [1.165, 1.54) is 54.1 Å². The second-order valence-electron chi connectivity index (χ2n) is 9.12. The van der Waals surface area contributed by atoms with Crippen LogP contribution in [-0.4, -0.2) is 21.9 Å². The number of hydrogen-bond donors (Lipinski definition) is 1. The van der Waals surface area contributed by atoms with Crippen molar-refractivity contribution in [3.05, 3.63) is 53.9 Å². The highest BCUT2D eigenvalue weighted by molar-refractivity contribution is 7.46. The number of allylic oxidation sites excluding steroid dienone is 2. The van der Waals surface area contributed by atoms with Crippen molar-refractivity contribution in [3.8, 4) is 11.1 Å². The summed E-state index contributed by atoms with van der Waals surface area (Å²) >= 11 is 0. The van der Waals surface area contributed by atoms with Gasteiger partial charge in [-0.2, -0.15) is 0 Å². The van der Waals surface area contributed by atoms with E-state index in [-0.39, 0.29) is 0 Å². The van der Waals surface area contributed by atoms with Gasteiger partial charge in [0.2, 0.25) is 0 Å². The van der Waals surface area contributed by atoms with Crippen LogP contribution in [0.5, 0.6) is 0 Å². The molecule has 1 fully saturated rings. The lowest BCUT2D eigenvalue weighted by molar-refractivity contribution is 0.322. The van der Waals surface area contributed by atoms with Crippen LogP contribution in [0.4, 0.5) is 0 Å². The largest absolute Gasteiger partial charge is 0.345 e. The molecule has 3 nitrogen and oxygen atoms in total. The van der Waals surface area contributed by atoms with Gasteiger partial charge in [-0.3, -0.25) is 4.98 Å². The van der Waals surface area contributed by atoms with Crippen molar-refractivity contribution >= 4 is 36.2 Å². The van der Waals surface area contributed by atoms with Crippen LogP contribution < -0.4 is 5.30 Å². The lowest BCUT2D eigenvalue weighted by Crippen LogP contribution is -2.13. The molecule has 0 spiro atoms. The molecule has 3 aromatic rings. The van der Waals surface area contributed by atoms with Crippen LogP contribution in [0.2, 0.25) is 0 Å².